The van der Waals surface area contributed by atoms with Crippen molar-refractivity contribution in [1.29, 1.82) is 0 Å². The Morgan fingerprint density at radius 1 is 1.47 bits per heavy atom. The third kappa shape index (κ3) is 1.75. The molecule has 1 aromatic heterocycles. The highest BCUT2D eigenvalue weighted by molar-refractivity contribution is 6.35. The van der Waals surface area contributed by atoms with E-state index in [9.17, 15) is 0 Å². The minimum atomic E-state index is 0.127. The van der Waals surface area contributed by atoms with Crippen molar-refractivity contribution in [1.82, 2.24) is 4.57 Å². The van der Waals surface area contributed by atoms with Crippen molar-refractivity contribution in [3.8, 4) is 0 Å². The summed E-state index contributed by atoms with van der Waals surface area (Å²) in [7, 11) is 1.99. The Labute approximate surface area is 94.1 Å². The van der Waals surface area contributed by atoms with Crippen molar-refractivity contribution in [2.45, 2.75) is 12.8 Å². The third-order valence-corrected chi connectivity index (χ3v) is 3.13. The normalized spacial score (nSPS) is 13.3. The molecule has 80 valence electrons. The molecule has 2 nitrogen and oxygen atoms in total. The first-order valence-electron chi connectivity index (χ1n) is 4.99. The maximum absolute atomic E-state index is 9.12. The molecule has 0 amide bonds. The van der Waals surface area contributed by atoms with Gasteiger partial charge in [0.15, 0.2) is 0 Å². The minimum Gasteiger partial charge on any atom is -0.396 e. The summed E-state index contributed by atoms with van der Waals surface area (Å²) in [4.78, 5) is 0. The summed E-state index contributed by atoms with van der Waals surface area (Å²) in [6.07, 6.45) is 1.99. The van der Waals surface area contributed by atoms with Crippen molar-refractivity contribution in [3.05, 3.63) is 35.0 Å². The molecule has 0 aliphatic rings. The Morgan fingerprint density at radius 3 is 2.87 bits per heavy atom. The second-order valence-corrected chi connectivity index (χ2v) is 4.35. The predicted molar refractivity (Wildman–Crippen MR) is 63.4 cm³/mol. The van der Waals surface area contributed by atoms with Crippen LogP contribution >= 0.6 is 11.6 Å². The number of hydrogen-bond donors (Lipinski definition) is 1. The van der Waals surface area contributed by atoms with Crippen LogP contribution in [0.2, 0.25) is 5.02 Å². The number of nitrogens with zero attached hydrogens (tertiary/aromatic N) is 1. The Kier molecular flexibility index (Phi) is 2.72. The summed E-state index contributed by atoms with van der Waals surface area (Å²) in [5.41, 5.74) is 2.19. The summed E-state index contributed by atoms with van der Waals surface area (Å²) < 4.78 is 2.04. The van der Waals surface area contributed by atoms with E-state index in [1.54, 1.807) is 0 Å². The van der Waals surface area contributed by atoms with Gasteiger partial charge in [-0.2, -0.15) is 0 Å². The van der Waals surface area contributed by atoms with Gasteiger partial charge in [-0.3, -0.25) is 0 Å². The zero-order chi connectivity index (χ0) is 11.0. The van der Waals surface area contributed by atoms with Crippen molar-refractivity contribution in [3.63, 3.8) is 0 Å². The lowest BCUT2D eigenvalue weighted by molar-refractivity contribution is 0.273. The number of benzene rings is 1. The third-order valence-electron chi connectivity index (χ3n) is 2.82. The number of fused-ring (bicyclic) bond motifs is 1. The summed E-state index contributed by atoms with van der Waals surface area (Å²) in [6.45, 7) is 2.13. The molecule has 0 saturated heterocycles. The molecule has 1 aromatic carbocycles. The standard InChI is InChI=1S/C12H14ClNO/c1-8(7-15)9-5-11(13)10-3-4-14(2)12(10)6-9/h3-6,8,15H,7H2,1-2H3. The van der Waals surface area contributed by atoms with Gasteiger partial charge in [-0.25, -0.2) is 0 Å². The highest BCUT2D eigenvalue weighted by Crippen LogP contribution is 2.29. The van der Waals surface area contributed by atoms with Crippen molar-refractivity contribution < 1.29 is 5.11 Å². The first kappa shape index (κ1) is 10.5. The molecule has 0 spiro atoms. The Balaban J connectivity index is 2.65. The van der Waals surface area contributed by atoms with Gasteiger partial charge in [0.25, 0.3) is 0 Å². The van der Waals surface area contributed by atoms with Crippen LogP contribution in [0.25, 0.3) is 10.9 Å². The first-order chi connectivity index (χ1) is 7.13. The van der Waals surface area contributed by atoms with Gasteiger partial charge in [0.05, 0.1) is 5.02 Å². The molecule has 2 rings (SSSR count). The van der Waals surface area contributed by atoms with Gasteiger partial charge in [-0.1, -0.05) is 18.5 Å². The molecule has 1 unspecified atom stereocenters. The van der Waals surface area contributed by atoms with Crippen molar-refractivity contribution >= 4 is 22.5 Å². The molecule has 1 N–H and O–H groups in total. The summed E-state index contributed by atoms with van der Waals surface area (Å²) in [5.74, 6) is 0.127. The number of aliphatic hydroxyl groups excluding tert-OH is 1. The number of aliphatic hydroxyl groups is 1. The maximum atomic E-state index is 9.12. The quantitative estimate of drug-likeness (QED) is 0.832. The van der Waals surface area contributed by atoms with E-state index >= 15 is 0 Å². The van der Waals surface area contributed by atoms with Crippen LogP contribution in [0.1, 0.15) is 18.4 Å². The van der Waals surface area contributed by atoms with E-state index in [0.29, 0.717) is 0 Å². The van der Waals surface area contributed by atoms with Crippen LogP contribution in [0.3, 0.4) is 0 Å². The molecule has 0 fully saturated rings. The maximum Gasteiger partial charge on any atom is 0.0502 e. The molecule has 0 saturated carbocycles. The lowest BCUT2D eigenvalue weighted by atomic mass is 10.0. The topological polar surface area (TPSA) is 25.2 Å². The highest BCUT2D eigenvalue weighted by Gasteiger charge is 2.09. The Hall–Kier alpha value is -0.990. The zero-order valence-electron chi connectivity index (χ0n) is 8.87. The lowest BCUT2D eigenvalue weighted by Crippen LogP contribution is -1.99. The lowest BCUT2D eigenvalue weighted by Gasteiger charge is -2.10. The fourth-order valence-corrected chi connectivity index (χ4v) is 2.02. The monoisotopic (exact) mass is 223 g/mol. The molecule has 0 bridgehead atoms. The fraction of sp³-hybridized carbons (Fsp3) is 0.333. The van der Waals surface area contributed by atoms with Gasteiger partial charge in [0, 0.05) is 36.7 Å². The van der Waals surface area contributed by atoms with Crippen LogP contribution in [-0.4, -0.2) is 16.3 Å². The van der Waals surface area contributed by atoms with E-state index in [1.165, 1.54) is 0 Å². The Bertz CT molecular complexity index is 490. The van der Waals surface area contributed by atoms with Gasteiger partial charge in [-0.15, -0.1) is 0 Å². The number of aryl methyl sites for hydroxylation is 1. The van der Waals surface area contributed by atoms with Gasteiger partial charge in [0.1, 0.15) is 0 Å². The molecule has 0 aliphatic carbocycles. The number of rotatable bonds is 2. The largest absolute Gasteiger partial charge is 0.396 e. The Morgan fingerprint density at radius 2 is 2.20 bits per heavy atom. The van der Waals surface area contributed by atoms with Crippen LogP contribution in [-0.2, 0) is 7.05 Å². The predicted octanol–water partition coefficient (Wildman–Crippen LogP) is 2.93. The van der Waals surface area contributed by atoms with Crippen LogP contribution in [0.15, 0.2) is 24.4 Å². The first-order valence-corrected chi connectivity index (χ1v) is 5.36. The summed E-state index contributed by atoms with van der Waals surface area (Å²) in [5, 5.41) is 10.9. The number of aromatic nitrogens is 1. The second-order valence-electron chi connectivity index (χ2n) is 3.95. The smallest absolute Gasteiger partial charge is 0.0502 e. The second kappa shape index (κ2) is 3.87. The molecule has 3 heteroatoms. The molecular formula is C12H14ClNO. The van der Waals surface area contributed by atoms with E-state index in [2.05, 4.69) is 6.07 Å². The molecule has 2 aromatic rings. The molecule has 15 heavy (non-hydrogen) atoms. The summed E-state index contributed by atoms with van der Waals surface area (Å²) in [6, 6.07) is 6.03. The molecule has 1 atom stereocenters. The van der Waals surface area contributed by atoms with Crippen LogP contribution in [0.5, 0.6) is 0 Å². The van der Waals surface area contributed by atoms with Crippen molar-refractivity contribution in [2.75, 3.05) is 6.61 Å². The van der Waals surface area contributed by atoms with Crippen LogP contribution in [0, 0.1) is 0 Å². The van der Waals surface area contributed by atoms with Gasteiger partial charge >= 0.3 is 0 Å². The van der Waals surface area contributed by atoms with Crippen LogP contribution in [0.4, 0.5) is 0 Å². The van der Waals surface area contributed by atoms with E-state index in [1.807, 2.05) is 36.9 Å². The van der Waals surface area contributed by atoms with Crippen molar-refractivity contribution in [2.24, 2.45) is 7.05 Å². The molecular weight excluding hydrogens is 210 g/mol. The average Bonchev–Trinajstić information content (AvgIpc) is 2.60. The van der Waals surface area contributed by atoms with Gasteiger partial charge < -0.3 is 9.67 Å². The van der Waals surface area contributed by atoms with Gasteiger partial charge in [-0.05, 0) is 23.8 Å². The minimum absolute atomic E-state index is 0.127. The SMILES string of the molecule is CC(CO)c1cc(Cl)c2ccn(C)c2c1. The zero-order valence-corrected chi connectivity index (χ0v) is 9.62. The molecule has 1 heterocycles. The van der Waals surface area contributed by atoms with Gasteiger partial charge in [0.2, 0.25) is 0 Å². The summed E-state index contributed by atoms with van der Waals surface area (Å²) >= 11 is 6.18. The van der Waals surface area contributed by atoms with Crippen LogP contribution < -0.4 is 0 Å². The molecule has 0 aliphatic heterocycles. The fourth-order valence-electron chi connectivity index (χ4n) is 1.74. The average molecular weight is 224 g/mol. The van der Waals surface area contributed by atoms with E-state index in [4.69, 9.17) is 16.7 Å². The van der Waals surface area contributed by atoms with E-state index in [0.717, 1.165) is 21.5 Å². The number of halogens is 1. The van der Waals surface area contributed by atoms with E-state index in [-0.39, 0.29) is 12.5 Å². The highest BCUT2D eigenvalue weighted by atomic mass is 35.5. The number of hydrogen-bond acceptors (Lipinski definition) is 1. The van der Waals surface area contributed by atoms with E-state index < -0.39 is 0 Å². The molecule has 0 radical (unpaired) electrons.